The van der Waals surface area contributed by atoms with E-state index in [1.165, 1.54) is 5.56 Å². The first-order chi connectivity index (χ1) is 5.15. The van der Waals surface area contributed by atoms with Crippen LogP contribution in [0.2, 0.25) is 0 Å². The summed E-state index contributed by atoms with van der Waals surface area (Å²) < 4.78 is 0.769. The summed E-state index contributed by atoms with van der Waals surface area (Å²) in [6.07, 6.45) is 0. The van der Waals surface area contributed by atoms with Crippen LogP contribution in [0.15, 0.2) is 6.07 Å². The minimum Gasteiger partial charge on any atom is -0.350 e. The van der Waals surface area contributed by atoms with E-state index in [2.05, 4.69) is 11.1 Å². The molecule has 0 saturated carbocycles. The molecule has 0 spiro atoms. The van der Waals surface area contributed by atoms with Gasteiger partial charge in [-0.3, -0.25) is 0 Å². The Kier molecular flexibility index (Phi) is 2.42. The highest BCUT2D eigenvalue weighted by molar-refractivity contribution is 7.71. The number of nitrogens with two attached hydrogens (primary N) is 1. The Labute approximate surface area is 71.4 Å². The minimum absolute atomic E-state index is 0.515. The molecule has 60 valence electrons. The van der Waals surface area contributed by atoms with Gasteiger partial charge in [-0.25, -0.2) is 0 Å². The normalized spacial score (nSPS) is 10.1. The van der Waals surface area contributed by atoms with Crippen LogP contribution in [0.25, 0.3) is 0 Å². The Morgan fingerprint density at radius 2 is 2.18 bits per heavy atom. The summed E-state index contributed by atoms with van der Waals surface area (Å²) >= 11 is 5.09. The molecule has 0 aliphatic carbocycles. The quantitative estimate of drug-likeness (QED) is 0.628. The lowest BCUT2D eigenvalue weighted by molar-refractivity contribution is 0.998. The van der Waals surface area contributed by atoms with Crippen LogP contribution < -0.4 is 5.73 Å². The van der Waals surface area contributed by atoms with Crippen LogP contribution in [0.4, 0.5) is 0 Å². The van der Waals surface area contributed by atoms with Crippen molar-refractivity contribution in [3.8, 4) is 0 Å². The Bertz CT molecular complexity index is 314. The highest BCUT2D eigenvalue weighted by atomic mass is 32.1. The summed E-state index contributed by atoms with van der Waals surface area (Å²) in [7, 11) is 0. The molecule has 0 radical (unpaired) electrons. The summed E-state index contributed by atoms with van der Waals surface area (Å²) in [4.78, 5) is 3.07. The molecular formula is C8H12N2S. The van der Waals surface area contributed by atoms with Crippen molar-refractivity contribution < 1.29 is 0 Å². The largest absolute Gasteiger partial charge is 0.350 e. The minimum atomic E-state index is 0.515. The van der Waals surface area contributed by atoms with Crippen LogP contribution >= 0.6 is 12.2 Å². The molecule has 0 fully saturated rings. The number of hydrogen-bond donors (Lipinski definition) is 2. The van der Waals surface area contributed by atoms with Crippen molar-refractivity contribution in [2.24, 2.45) is 5.73 Å². The first-order valence-corrected chi connectivity index (χ1v) is 3.95. The van der Waals surface area contributed by atoms with E-state index in [1.807, 2.05) is 13.8 Å². The van der Waals surface area contributed by atoms with Crippen LogP contribution in [0, 0.1) is 18.5 Å². The molecule has 0 aliphatic heterocycles. The van der Waals surface area contributed by atoms with Gasteiger partial charge in [0.1, 0.15) is 4.64 Å². The summed E-state index contributed by atoms with van der Waals surface area (Å²) in [5, 5.41) is 0. The number of hydrogen-bond acceptors (Lipinski definition) is 2. The van der Waals surface area contributed by atoms with Gasteiger partial charge in [0.25, 0.3) is 0 Å². The highest BCUT2D eigenvalue weighted by Gasteiger charge is 1.98. The number of H-pyrrole nitrogens is 1. The Morgan fingerprint density at radius 3 is 2.64 bits per heavy atom. The lowest BCUT2D eigenvalue weighted by atomic mass is 10.1. The van der Waals surface area contributed by atoms with Crippen molar-refractivity contribution in [2.75, 3.05) is 0 Å². The Balaban J connectivity index is 3.37. The van der Waals surface area contributed by atoms with Gasteiger partial charge in [0.2, 0.25) is 0 Å². The second-order valence-electron chi connectivity index (χ2n) is 2.65. The van der Waals surface area contributed by atoms with E-state index in [0.29, 0.717) is 6.54 Å². The van der Waals surface area contributed by atoms with E-state index >= 15 is 0 Å². The van der Waals surface area contributed by atoms with Gasteiger partial charge < -0.3 is 10.7 Å². The number of nitrogens with one attached hydrogen (secondary N) is 1. The molecule has 0 aliphatic rings. The van der Waals surface area contributed by atoms with Crippen molar-refractivity contribution in [1.29, 1.82) is 0 Å². The average Bonchev–Trinajstić information content (AvgIpc) is 1.85. The molecule has 0 amide bonds. The third kappa shape index (κ3) is 1.67. The van der Waals surface area contributed by atoms with Gasteiger partial charge in [0, 0.05) is 17.8 Å². The zero-order valence-electron chi connectivity index (χ0n) is 6.77. The van der Waals surface area contributed by atoms with Gasteiger partial charge in [0.15, 0.2) is 0 Å². The average molecular weight is 168 g/mol. The van der Waals surface area contributed by atoms with Crippen molar-refractivity contribution in [2.45, 2.75) is 20.4 Å². The van der Waals surface area contributed by atoms with Gasteiger partial charge >= 0.3 is 0 Å². The summed E-state index contributed by atoms with van der Waals surface area (Å²) in [6.45, 7) is 4.53. The van der Waals surface area contributed by atoms with Gasteiger partial charge in [-0.15, -0.1) is 0 Å². The molecule has 0 aromatic carbocycles. The Hall–Kier alpha value is -0.670. The van der Waals surface area contributed by atoms with Gasteiger partial charge in [-0.1, -0.05) is 12.2 Å². The zero-order valence-corrected chi connectivity index (χ0v) is 7.59. The van der Waals surface area contributed by atoms with E-state index in [1.54, 1.807) is 0 Å². The molecule has 0 bridgehead atoms. The molecule has 0 saturated heterocycles. The second kappa shape index (κ2) is 3.15. The van der Waals surface area contributed by atoms with Crippen LogP contribution in [0.1, 0.15) is 16.8 Å². The number of aromatic nitrogens is 1. The molecule has 3 heteroatoms. The van der Waals surface area contributed by atoms with Crippen LogP contribution in [-0.4, -0.2) is 4.98 Å². The molecule has 1 aromatic heterocycles. The molecule has 1 heterocycles. The molecule has 11 heavy (non-hydrogen) atoms. The Morgan fingerprint density at radius 1 is 1.55 bits per heavy atom. The number of pyridine rings is 1. The van der Waals surface area contributed by atoms with E-state index in [9.17, 15) is 0 Å². The topological polar surface area (TPSA) is 41.8 Å². The zero-order chi connectivity index (χ0) is 8.43. The predicted molar refractivity (Wildman–Crippen MR) is 49.0 cm³/mol. The standard InChI is InChI=1S/C8H12N2S/c1-5-3-6(2)10-8(11)7(5)4-9/h3H,4,9H2,1-2H3,(H,10,11). The predicted octanol–water partition coefficient (Wildman–Crippen LogP) is 1.82. The van der Waals surface area contributed by atoms with Crippen molar-refractivity contribution in [1.82, 2.24) is 4.98 Å². The van der Waals surface area contributed by atoms with E-state index < -0.39 is 0 Å². The second-order valence-corrected chi connectivity index (χ2v) is 3.06. The van der Waals surface area contributed by atoms with E-state index in [-0.39, 0.29) is 0 Å². The van der Waals surface area contributed by atoms with Gasteiger partial charge in [-0.05, 0) is 25.5 Å². The number of rotatable bonds is 1. The number of aryl methyl sites for hydroxylation is 2. The molecule has 0 atom stereocenters. The molecule has 1 rings (SSSR count). The maximum absolute atomic E-state index is 5.51. The van der Waals surface area contributed by atoms with E-state index in [4.69, 9.17) is 18.0 Å². The monoisotopic (exact) mass is 168 g/mol. The lowest BCUT2D eigenvalue weighted by Crippen LogP contribution is -2.02. The maximum atomic E-state index is 5.51. The summed E-state index contributed by atoms with van der Waals surface area (Å²) in [5.74, 6) is 0. The molecule has 0 unspecified atom stereocenters. The maximum Gasteiger partial charge on any atom is 0.108 e. The lowest BCUT2D eigenvalue weighted by Gasteiger charge is -2.03. The first-order valence-electron chi connectivity index (χ1n) is 3.54. The van der Waals surface area contributed by atoms with Crippen LogP contribution in [-0.2, 0) is 6.54 Å². The molecule has 1 aromatic rings. The number of aromatic amines is 1. The van der Waals surface area contributed by atoms with Gasteiger partial charge in [-0.2, -0.15) is 0 Å². The third-order valence-corrected chi connectivity index (χ3v) is 2.05. The van der Waals surface area contributed by atoms with Crippen LogP contribution in [0.5, 0.6) is 0 Å². The van der Waals surface area contributed by atoms with Crippen LogP contribution in [0.3, 0.4) is 0 Å². The fourth-order valence-electron chi connectivity index (χ4n) is 1.14. The smallest absolute Gasteiger partial charge is 0.108 e. The first kappa shape index (κ1) is 8.43. The molecule has 3 N–H and O–H groups in total. The fraction of sp³-hybridized carbons (Fsp3) is 0.375. The SMILES string of the molecule is Cc1cc(C)c(CN)c(=S)[nH]1. The van der Waals surface area contributed by atoms with Crippen molar-refractivity contribution in [3.05, 3.63) is 27.5 Å². The fourth-order valence-corrected chi connectivity index (χ4v) is 1.54. The van der Waals surface area contributed by atoms with Crippen molar-refractivity contribution in [3.63, 3.8) is 0 Å². The molecule has 2 nitrogen and oxygen atoms in total. The summed E-state index contributed by atoms with van der Waals surface area (Å²) in [6, 6.07) is 2.05. The third-order valence-electron chi connectivity index (χ3n) is 1.70. The van der Waals surface area contributed by atoms with Crippen molar-refractivity contribution >= 4 is 12.2 Å². The summed E-state index contributed by atoms with van der Waals surface area (Å²) in [5.41, 5.74) is 8.82. The highest BCUT2D eigenvalue weighted by Crippen LogP contribution is 2.08. The molecular weight excluding hydrogens is 156 g/mol. The van der Waals surface area contributed by atoms with Gasteiger partial charge in [0.05, 0.1) is 0 Å². The van der Waals surface area contributed by atoms with E-state index in [0.717, 1.165) is 15.9 Å².